The molecular weight excluding hydrogens is 358 g/mol. The van der Waals surface area contributed by atoms with Crippen molar-refractivity contribution in [2.45, 2.75) is 26.8 Å². The molecule has 3 rings (SSSR count). The number of carbonyl (C=O) groups is 2. The van der Waals surface area contributed by atoms with E-state index in [0.29, 0.717) is 28.7 Å². The molecule has 0 unspecified atom stereocenters. The lowest BCUT2D eigenvalue weighted by molar-refractivity contribution is -0.121. The van der Waals surface area contributed by atoms with E-state index in [1.807, 2.05) is 6.92 Å². The lowest BCUT2D eigenvalue weighted by atomic mass is 10.1. The fourth-order valence-electron chi connectivity index (χ4n) is 3.01. The number of aromatic nitrogens is 2. The molecule has 0 aliphatic carbocycles. The molecule has 1 aromatic heterocycles. The van der Waals surface area contributed by atoms with Gasteiger partial charge in [-0.2, -0.15) is 0 Å². The molecule has 0 saturated heterocycles. The number of nitrogens with one attached hydrogen (secondary N) is 1. The first kappa shape index (κ1) is 19.3. The molecule has 0 bridgehead atoms. The largest absolute Gasteiger partial charge is 0.355 e. The van der Waals surface area contributed by atoms with Crippen molar-refractivity contribution < 1.29 is 9.59 Å². The first-order chi connectivity index (χ1) is 13.4. The van der Waals surface area contributed by atoms with Crippen molar-refractivity contribution in [3.8, 4) is 5.69 Å². The average Bonchev–Trinajstić information content (AvgIpc) is 2.70. The van der Waals surface area contributed by atoms with E-state index in [1.54, 1.807) is 48.5 Å². The van der Waals surface area contributed by atoms with Crippen molar-refractivity contribution in [2.75, 3.05) is 6.54 Å². The second-order valence-corrected chi connectivity index (χ2v) is 6.48. The number of rotatable bonds is 6. The standard InChI is InChI=1S/C21H21N3O4/c1-3-12-22-19(26)13-23-18-7-5-4-6-17(18)20(27)24(21(23)28)16-10-8-15(9-11-16)14(2)25/h4-11H,3,12-13H2,1-2H3,(H,22,26). The molecule has 0 saturated carbocycles. The summed E-state index contributed by atoms with van der Waals surface area (Å²) in [4.78, 5) is 49.8. The van der Waals surface area contributed by atoms with E-state index >= 15 is 0 Å². The van der Waals surface area contributed by atoms with Gasteiger partial charge in [-0.3, -0.25) is 19.0 Å². The molecule has 1 amide bonds. The van der Waals surface area contributed by atoms with Crippen LogP contribution in [0.4, 0.5) is 0 Å². The van der Waals surface area contributed by atoms with Gasteiger partial charge in [-0.1, -0.05) is 19.1 Å². The Bertz CT molecular complexity index is 1160. The van der Waals surface area contributed by atoms with Gasteiger partial charge in [-0.25, -0.2) is 9.36 Å². The van der Waals surface area contributed by atoms with Gasteiger partial charge in [0.15, 0.2) is 5.78 Å². The molecular formula is C21H21N3O4. The summed E-state index contributed by atoms with van der Waals surface area (Å²) in [6.45, 7) is 3.70. The van der Waals surface area contributed by atoms with Crippen LogP contribution in [0.1, 0.15) is 30.6 Å². The number of hydrogen-bond acceptors (Lipinski definition) is 4. The normalized spacial score (nSPS) is 10.8. The third-order valence-electron chi connectivity index (χ3n) is 4.46. The highest BCUT2D eigenvalue weighted by Gasteiger charge is 2.16. The van der Waals surface area contributed by atoms with Gasteiger partial charge in [-0.05, 0) is 49.7 Å². The predicted molar refractivity (Wildman–Crippen MR) is 107 cm³/mol. The SMILES string of the molecule is CCCNC(=O)Cn1c(=O)n(-c2ccc(C(C)=O)cc2)c(=O)c2ccccc21. The average molecular weight is 379 g/mol. The van der Waals surface area contributed by atoms with Crippen LogP contribution in [0.5, 0.6) is 0 Å². The molecule has 0 atom stereocenters. The third kappa shape index (κ3) is 3.64. The molecule has 1 N–H and O–H groups in total. The molecule has 0 aliphatic heterocycles. The first-order valence-electron chi connectivity index (χ1n) is 9.06. The van der Waals surface area contributed by atoms with E-state index in [0.717, 1.165) is 11.0 Å². The van der Waals surface area contributed by atoms with Crippen molar-refractivity contribution in [3.05, 3.63) is 74.9 Å². The Morgan fingerprint density at radius 2 is 1.68 bits per heavy atom. The van der Waals surface area contributed by atoms with Crippen LogP contribution in [-0.4, -0.2) is 27.4 Å². The van der Waals surface area contributed by atoms with Crippen molar-refractivity contribution >= 4 is 22.6 Å². The van der Waals surface area contributed by atoms with Gasteiger partial charge in [0.05, 0.1) is 16.6 Å². The smallest absolute Gasteiger partial charge is 0.336 e. The summed E-state index contributed by atoms with van der Waals surface area (Å²) in [6.07, 6.45) is 0.781. The van der Waals surface area contributed by atoms with E-state index < -0.39 is 11.2 Å². The number of para-hydroxylation sites is 1. The maximum Gasteiger partial charge on any atom is 0.336 e. The van der Waals surface area contributed by atoms with Crippen LogP contribution < -0.4 is 16.6 Å². The number of fused-ring (bicyclic) bond motifs is 1. The number of Topliss-reactive ketones (excluding diaryl/α,β-unsaturated/α-hetero) is 1. The zero-order valence-electron chi connectivity index (χ0n) is 15.8. The number of hydrogen-bond donors (Lipinski definition) is 1. The lowest BCUT2D eigenvalue weighted by Gasteiger charge is -2.14. The van der Waals surface area contributed by atoms with Gasteiger partial charge in [0, 0.05) is 12.1 Å². The molecule has 3 aromatic rings. The maximum atomic E-state index is 13.1. The van der Waals surface area contributed by atoms with Gasteiger partial charge in [0.25, 0.3) is 5.56 Å². The van der Waals surface area contributed by atoms with Gasteiger partial charge in [-0.15, -0.1) is 0 Å². The molecule has 7 heteroatoms. The fraction of sp³-hybridized carbons (Fsp3) is 0.238. The highest BCUT2D eigenvalue weighted by Crippen LogP contribution is 2.11. The van der Waals surface area contributed by atoms with E-state index in [4.69, 9.17) is 0 Å². The van der Waals surface area contributed by atoms with Gasteiger partial charge >= 0.3 is 5.69 Å². The quantitative estimate of drug-likeness (QED) is 0.662. The zero-order valence-corrected chi connectivity index (χ0v) is 15.8. The van der Waals surface area contributed by atoms with Crippen LogP contribution in [0.2, 0.25) is 0 Å². The van der Waals surface area contributed by atoms with Crippen LogP contribution in [-0.2, 0) is 11.3 Å². The summed E-state index contributed by atoms with van der Waals surface area (Å²) < 4.78 is 2.32. The topological polar surface area (TPSA) is 90.2 Å². The van der Waals surface area contributed by atoms with E-state index in [-0.39, 0.29) is 18.2 Å². The summed E-state index contributed by atoms with van der Waals surface area (Å²) in [6, 6.07) is 12.9. The summed E-state index contributed by atoms with van der Waals surface area (Å²) >= 11 is 0. The number of amides is 1. The first-order valence-corrected chi connectivity index (χ1v) is 9.06. The Balaban J connectivity index is 2.20. The van der Waals surface area contributed by atoms with E-state index in [1.165, 1.54) is 11.5 Å². The Hall–Kier alpha value is -3.48. The van der Waals surface area contributed by atoms with Crippen molar-refractivity contribution in [3.63, 3.8) is 0 Å². The van der Waals surface area contributed by atoms with Crippen LogP contribution in [0.3, 0.4) is 0 Å². The molecule has 0 spiro atoms. The van der Waals surface area contributed by atoms with Crippen molar-refractivity contribution in [1.29, 1.82) is 0 Å². The van der Waals surface area contributed by atoms with Crippen LogP contribution >= 0.6 is 0 Å². The second-order valence-electron chi connectivity index (χ2n) is 6.48. The van der Waals surface area contributed by atoms with Crippen molar-refractivity contribution in [1.82, 2.24) is 14.5 Å². The van der Waals surface area contributed by atoms with Crippen LogP contribution in [0, 0.1) is 0 Å². The minimum Gasteiger partial charge on any atom is -0.355 e. The number of carbonyl (C=O) groups excluding carboxylic acids is 2. The fourth-order valence-corrected chi connectivity index (χ4v) is 3.01. The van der Waals surface area contributed by atoms with Gasteiger partial charge < -0.3 is 5.32 Å². The Morgan fingerprint density at radius 1 is 1.00 bits per heavy atom. The summed E-state index contributed by atoms with van der Waals surface area (Å²) in [5.74, 6) is -0.409. The maximum absolute atomic E-state index is 13.1. The summed E-state index contributed by atoms with van der Waals surface area (Å²) in [7, 11) is 0. The van der Waals surface area contributed by atoms with E-state index in [9.17, 15) is 19.2 Å². The Kier molecular flexibility index (Phi) is 5.54. The second kappa shape index (κ2) is 8.04. The molecule has 28 heavy (non-hydrogen) atoms. The molecule has 7 nitrogen and oxygen atoms in total. The van der Waals surface area contributed by atoms with Crippen molar-refractivity contribution in [2.24, 2.45) is 0 Å². The molecule has 0 radical (unpaired) electrons. The number of benzene rings is 2. The minimum absolute atomic E-state index is 0.109. The van der Waals surface area contributed by atoms with Gasteiger partial charge in [0.1, 0.15) is 6.54 Å². The molecule has 0 aliphatic rings. The highest BCUT2D eigenvalue weighted by molar-refractivity contribution is 5.94. The summed E-state index contributed by atoms with van der Waals surface area (Å²) in [5, 5.41) is 3.08. The number of nitrogens with zero attached hydrogens (tertiary/aromatic N) is 2. The third-order valence-corrected chi connectivity index (χ3v) is 4.46. The predicted octanol–water partition coefficient (Wildman–Crippen LogP) is 1.88. The molecule has 2 aromatic carbocycles. The minimum atomic E-state index is -0.606. The zero-order chi connectivity index (χ0) is 20.3. The molecule has 144 valence electrons. The van der Waals surface area contributed by atoms with Crippen LogP contribution in [0.15, 0.2) is 58.1 Å². The molecule has 1 heterocycles. The number of ketones is 1. The van der Waals surface area contributed by atoms with E-state index in [2.05, 4.69) is 5.32 Å². The lowest BCUT2D eigenvalue weighted by Crippen LogP contribution is -2.41. The van der Waals surface area contributed by atoms with Crippen LogP contribution in [0.25, 0.3) is 16.6 Å². The molecule has 0 fully saturated rings. The highest BCUT2D eigenvalue weighted by atomic mass is 16.2. The summed E-state index contributed by atoms with van der Waals surface area (Å²) in [5.41, 5.74) is 0.151. The van der Waals surface area contributed by atoms with Gasteiger partial charge in [0.2, 0.25) is 5.91 Å². The Labute approximate surface area is 161 Å². The Morgan fingerprint density at radius 3 is 2.32 bits per heavy atom. The monoisotopic (exact) mass is 379 g/mol.